The maximum absolute atomic E-state index is 13.0. The normalized spacial score (nSPS) is 10.3. The second-order valence-corrected chi connectivity index (χ2v) is 5.75. The maximum atomic E-state index is 13.0. The molecule has 0 aromatic heterocycles. The highest BCUT2D eigenvalue weighted by atomic mass is 35.5. The number of anilines is 2. The minimum absolute atomic E-state index is 0.122. The number of halogens is 4. The summed E-state index contributed by atoms with van der Waals surface area (Å²) in [6.07, 6.45) is -0.421. The molecule has 0 atom stereocenters. The first-order valence-corrected chi connectivity index (χ1v) is 7.48. The average molecular weight is 376 g/mol. The van der Waals surface area contributed by atoms with Crippen molar-refractivity contribution in [3.05, 3.63) is 57.3 Å². The molecule has 120 valence electrons. The molecule has 2 aromatic rings. The van der Waals surface area contributed by atoms with E-state index in [2.05, 4.69) is 10.6 Å². The van der Waals surface area contributed by atoms with Crippen molar-refractivity contribution in [2.75, 3.05) is 10.6 Å². The third kappa shape index (κ3) is 5.10. The lowest BCUT2D eigenvalue weighted by Crippen LogP contribution is -2.21. The molecule has 0 unspecified atom stereocenters. The second-order valence-electron chi connectivity index (χ2n) is 4.53. The maximum Gasteiger partial charge on any atom is 0.233 e. The van der Waals surface area contributed by atoms with Crippen LogP contribution < -0.4 is 10.6 Å². The fourth-order valence-corrected chi connectivity index (χ4v) is 2.18. The van der Waals surface area contributed by atoms with Gasteiger partial charge in [-0.25, -0.2) is 4.39 Å². The zero-order valence-corrected chi connectivity index (χ0v) is 13.8. The molecule has 0 spiro atoms. The van der Waals surface area contributed by atoms with Crippen molar-refractivity contribution in [2.24, 2.45) is 0 Å². The number of hydrogen-bond acceptors (Lipinski definition) is 2. The van der Waals surface area contributed by atoms with E-state index in [4.69, 9.17) is 34.8 Å². The number of nitrogens with one attached hydrogen (secondary N) is 2. The molecule has 0 bridgehead atoms. The van der Waals surface area contributed by atoms with Crippen molar-refractivity contribution < 1.29 is 14.0 Å². The van der Waals surface area contributed by atoms with Crippen LogP contribution >= 0.6 is 34.8 Å². The zero-order valence-electron chi connectivity index (χ0n) is 11.5. The van der Waals surface area contributed by atoms with E-state index in [-0.39, 0.29) is 10.0 Å². The quantitative estimate of drug-likeness (QED) is 0.757. The van der Waals surface area contributed by atoms with Gasteiger partial charge in [-0.2, -0.15) is 0 Å². The Morgan fingerprint density at radius 2 is 1.35 bits per heavy atom. The minimum atomic E-state index is -0.595. The summed E-state index contributed by atoms with van der Waals surface area (Å²) in [5, 5.41) is 5.49. The third-order valence-corrected chi connectivity index (χ3v) is 3.76. The number of amides is 2. The van der Waals surface area contributed by atoms with E-state index in [1.165, 1.54) is 24.3 Å². The van der Waals surface area contributed by atoms with Crippen molar-refractivity contribution in [1.82, 2.24) is 0 Å². The topological polar surface area (TPSA) is 58.2 Å². The Bertz CT molecular complexity index is 705. The fraction of sp³-hybridized carbons (Fsp3) is 0.0667. The highest BCUT2D eigenvalue weighted by Crippen LogP contribution is 2.25. The highest BCUT2D eigenvalue weighted by Gasteiger charge is 2.11. The van der Waals surface area contributed by atoms with Crippen LogP contribution in [-0.2, 0) is 9.59 Å². The van der Waals surface area contributed by atoms with Crippen LogP contribution in [0.1, 0.15) is 6.42 Å². The van der Waals surface area contributed by atoms with E-state index in [0.717, 1.165) is 6.07 Å². The third-order valence-electron chi connectivity index (χ3n) is 2.73. The van der Waals surface area contributed by atoms with Gasteiger partial charge in [-0.1, -0.05) is 34.8 Å². The van der Waals surface area contributed by atoms with Crippen molar-refractivity contribution in [1.29, 1.82) is 0 Å². The molecule has 0 aliphatic carbocycles. The molecule has 2 rings (SSSR count). The van der Waals surface area contributed by atoms with Crippen molar-refractivity contribution in [3.63, 3.8) is 0 Å². The molecular formula is C15H10Cl3FN2O2. The largest absolute Gasteiger partial charge is 0.326 e. The first-order valence-electron chi connectivity index (χ1n) is 6.35. The molecule has 8 heteroatoms. The molecule has 0 saturated carbocycles. The number of benzene rings is 2. The van der Waals surface area contributed by atoms with Gasteiger partial charge in [0, 0.05) is 11.4 Å². The van der Waals surface area contributed by atoms with Crippen molar-refractivity contribution in [2.45, 2.75) is 6.42 Å². The van der Waals surface area contributed by atoms with Gasteiger partial charge in [0.1, 0.15) is 12.2 Å². The van der Waals surface area contributed by atoms with Crippen LogP contribution in [0, 0.1) is 5.82 Å². The predicted molar refractivity (Wildman–Crippen MR) is 89.7 cm³/mol. The number of carbonyl (C=O) groups excluding carboxylic acids is 2. The first-order chi connectivity index (χ1) is 10.8. The number of hydrogen-bond donors (Lipinski definition) is 2. The Morgan fingerprint density at radius 1 is 0.826 bits per heavy atom. The monoisotopic (exact) mass is 374 g/mol. The Balaban J connectivity index is 1.92. The van der Waals surface area contributed by atoms with Gasteiger partial charge in [-0.15, -0.1) is 0 Å². The van der Waals surface area contributed by atoms with Crippen molar-refractivity contribution in [3.8, 4) is 0 Å². The molecule has 2 N–H and O–H groups in total. The summed E-state index contributed by atoms with van der Waals surface area (Å²) in [6, 6.07) is 8.28. The predicted octanol–water partition coefficient (Wildman–Crippen LogP) is 4.75. The fourth-order valence-electron chi connectivity index (χ4n) is 1.70. The average Bonchev–Trinajstić information content (AvgIpc) is 2.46. The molecule has 0 heterocycles. The van der Waals surface area contributed by atoms with E-state index in [1.54, 1.807) is 6.07 Å². The van der Waals surface area contributed by atoms with E-state index < -0.39 is 24.1 Å². The molecule has 0 aliphatic rings. The summed E-state index contributed by atoms with van der Waals surface area (Å²) >= 11 is 17.2. The van der Waals surface area contributed by atoms with Crippen LogP contribution in [-0.4, -0.2) is 11.8 Å². The first kappa shape index (κ1) is 17.5. The highest BCUT2D eigenvalue weighted by molar-refractivity contribution is 6.42. The molecule has 0 radical (unpaired) electrons. The lowest BCUT2D eigenvalue weighted by molar-refractivity contribution is -0.123. The van der Waals surface area contributed by atoms with Gasteiger partial charge in [0.05, 0.1) is 15.1 Å². The van der Waals surface area contributed by atoms with Gasteiger partial charge >= 0.3 is 0 Å². The number of rotatable bonds is 4. The molecule has 2 amide bonds. The molecule has 2 aromatic carbocycles. The van der Waals surface area contributed by atoms with Gasteiger partial charge in [-0.3, -0.25) is 9.59 Å². The van der Waals surface area contributed by atoms with Crippen molar-refractivity contribution >= 4 is 58.0 Å². The molecule has 4 nitrogen and oxygen atoms in total. The lowest BCUT2D eigenvalue weighted by Gasteiger charge is -2.08. The smallest absolute Gasteiger partial charge is 0.233 e. The van der Waals surface area contributed by atoms with E-state index in [1.807, 2.05) is 0 Å². The van der Waals surface area contributed by atoms with Gasteiger partial charge in [0.25, 0.3) is 0 Å². The van der Waals surface area contributed by atoms with E-state index in [9.17, 15) is 14.0 Å². The Hall–Kier alpha value is -1.82. The van der Waals surface area contributed by atoms with Crippen LogP contribution in [0.3, 0.4) is 0 Å². The summed E-state index contributed by atoms with van der Waals surface area (Å²) in [6.45, 7) is 0. The molecule has 0 aliphatic heterocycles. The summed E-state index contributed by atoms with van der Waals surface area (Å²) in [5.74, 6) is -1.69. The summed E-state index contributed by atoms with van der Waals surface area (Å²) in [7, 11) is 0. The Kier molecular flexibility index (Phi) is 5.82. The summed E-state index contributed by atoms with van der Waals surface area (Å²) < 4.78 is 13.0. The van der Waals surface area contributed by atoms with Crippen LogP contribution in [0.5, 0.6) is 0 Å². The van der Waals surface area contributed by atoms with Crippen LogP contribution in [0.2, 0.25) is 15.1 Å². The molecule has 0 fully saturated rings. The van der Waals surface area contributed by atoms with Gasteiger partial charge in [0.2, 0.25) is 11.8 Å². The Labute approximate surface area is 146 Å². The molecule has 23 heavy (non-hydrogen) atoms. The second kappa shape index (κ2) is 7.64. The van der Waals surface area contributed by atoms with Crippen LogP contribution in [0.25, 0.3) is 0 Å². The lowest BCUT2D eigenvalue weighted by atomic mass is 10.2. The van der Waals surface area contributed by atoms with Crippen LogP contribution in [0.4, 0.5) is 15.8 Å². The minimum Gasteiger partial charge on any atom is -0.326 e. The standard InChI is InChI=1S/C15H10Cl3FN2O2/c16-10-3-1-8(5-11(10)17)20-14(22)7-15(23)21-9-2-4-13(19)12(18)6-9/h1-6H,7H2,(H,20,22)(H,21,23). The van der Waals surface area contributed by atoms with E-state index in [0.29, 0.717) is 16.4 Å². The number of carbonyl (C=O) groups is 2. The van der Waals surface area contributed by atoms with Gasteiger partial charge < -0.3 is 10.6 Å². The summed E-state index contributed by atoms with van der Waals surface area (Å²) in [4.78, 5) is 23.6. The molecular weight excluding hydrogens is 366 g/mol. The Morgan fingerprint density at radius 3 is 1.87 bits per heavy atom. The summed E-state index contributed by atoms with van der Waals surface area (Å²) in [5.41, 5.74) is 0.714. The zero-order chi connectivity index (χ0) is 17.0. The van der Waals surface area contributed by atoms with Gasteiger partial charge in [0.15, 0.2) is 0 Å². The SMILES string of the molecule is O=C(CC(=O)Nc1ccc(Cl)c(Cl)c1)Nc1ccc(F)c(Cl)c1. The van der Waals surface area contributed by atoms with E-state index >= 15 is 0 Å². The van der Waals surface area contributed by atoms with Gasteiger partial charge in [-0.05, 0) is 36.4 Å². The van der Waals surface area contributed by atoms with Crippen LogP contribution in [0.15, 0.2) is 36.4 Å². The molecule has 0 saturated heterocycles.